The number of carbonyl (C=O) groups excluding carboxylic acids is 1. The predicted octanol–water partition coefficient (Wildman–Crippen LogP) is 3.62. The van der Waals surface area contributed by atoms with E-state index in [2.05, 4.69) is 34.6 Å². The number of rotatable bonds is 2. The Bertz CT molecular complexity index is 950. The molecule has 2 aliphatic rings. The van der Waals surface area contributed by atoms with Crippen LogP contribution in [0.1, 0.15) is 33.8 Å². The van der Waals surface area contributed by atoms with E-state index >= 15 is 0 Å². The van der Waals surface area contributed by atoms with Crippen LogP contribution in [0.3, 0.4) is 0 Å². The van der Waals surface area contributed by atoms with Gasteiger partial charge in [0.25, 0.3) is 0 Å². The molecule has 2 N–H and O–H groups in total. The van der Waals surface area contributed by atoms with Gasteiger partial charge in [-0.05, 0) is 36.1 Å². The lowest BCUT2D eigenvalue weighted by atomic mass is 9.95. The first kappa shape index (κ1) is 14.9. The minimum Gasteiger partial charge on any atom is -0.369 e. The number of ketones is 1. The highest BCUT2D eigenvalue weighted by molar-refractivity contribution is 6.11. The van der Waals surface area contributed by atoms with E-state index < -0.39 is 0 Å². The second kappa shape index (κ2) is 5.83. The molecule has 1 saturated heterocycles. The molecule has 0 spiro atoms. The van der Waals surface area contributed by atoms with Crippen LogP contribution in [0.4, 0.5) is 0 Å². The fraction of sp³-hybridized carbons (Fsp3) is 0.286. The van der Waals surface area contributed by atoms with Gasteiger partial charge >= 0.3 is 0 Å². The van der Waals surface area contributed by atoms with E-state index in [9.17, 15) is 4.79 Å². The van der Waals surface area contributed by atoms with Crippen molar-refractivity contribution in [3.8, 4) is 11.3 Å². The summed E-state index contributed by atoms with van der Waals surface area (Å²) in [6.45, 7) is 2.79. The van der Waals surface area contributed by atoms with Crippen LogP contribution in [0.5, 0.6) is 0 Å². The highest BCUT2D eigenvalue weighted by atomic mass is 16.5. The molecule has 1 aromatic heterocycles. The topological polar surface area (TPSA) is 54.1 Å². The molecule has 0 amide bonds. The summed E-state index contributed by atoms with van der Waals surface area (Å²) in [5, 5.41) is 4.44. The SMILES string of the molecule is O=C1COCc2c(-c3ccc([C@H]4CCNC4)cc3)[nH]c3cccc1c23. The van der Waals surface area contributed by atoms with Gasteiger partial charge in [-0.2, -0.15) is 0 Å². The molecule has 3 aromatic rings. The average molecular weight is 332 g/mol. The van der Waals surface area contributed by atoms with Crippen molar-refractivity contribution in [3.05, 3.63) is 59.2 Å². The molecule has 5 rings (SSSR count). The van der Waals surface area contributed by atoms with Crippen molar-refractivity contribution in [3.63, 3.8) is 0 Å². The normalized spacial score (nSPS) is 20.2. The molecule has 0 unspecified atom stereocenters. The minimum atomic E-state index is 0.0546. The van der Waals surface area contributed by atoms with Crippen molar-refractivity contribution in [2.45, 2.75) is 18.9 Å². The maximum Gasteiger partial charge on any atom is 0.189 e. The van der Waals surface area contributed by atoms with E-state index in [1.54, 1.807) is 0 Å². The molecule has 25 heavy (non-hydrogen) atoms. The third-order valence-corrected chi connectivity index (χ3v) is 5.44. The fourth-order valence-corrected chi connectivity index (χ4v) is 4.12. The van der Waals surface area contributed by atoms with Gasteiger partial charge in [-0.3, -0.25) is 4.79 Å². The number of benzene rings is 2. The van der Waals surface area contributed by atoms with E-state index in [0.29, 0.717) is 12.5 Å². The van der Waals surface area contributed by atoms with Crippen molar-refractivity contribution in [1.82, 2.24) is 10.3 Å². The zero-order chi connectivity index (χ0) is 16.8. The van der Waals surface area contributed by atoms with Crippen molar-refractivity contribution in [2.75, 3.05) is 19.7 Å². The van der Waals surface area contributed by atoms with Crippen molar-refractivity contribution in [2.24, 2.45) is 0 Å². The Balaban J connectivity index is 1.62. The van der Waals surface area contributed by atoms with Crippen molar-refractivity contribution < 1.29 is 9.53 Å². The first-order valence-corrected chi connectivity index (χ1v) is 8.87. The fourth-order valence-electron chi connectivity index (χ4n) is 4.12. The van der Waals surface area contributed by atoms with Gasteiger partial charge in [-0.15, -0.1) is 0 Å². The van der Waals surface area contributed by atoms with Crippen molar-refractivity contribution in [1.29, 1.82) is 0 Å². The maximum atomic E-state index is 12.3. The molecule has 4 heteroatoms. The number of aromatic amines is 1. The number of aromatic nitrogens is 1. The zero-order valence-electron chi connectivity index (χ0n) is 14.0. The van der Waals surface area contributed by atoms with Crippen LogP contribution < -0.4 is 5.32 Å². The molecule has 2 aliphatic heterocycles. The Kier molecular flexibility index (Phi) is 3.47. The number of H-pyrrole nitrogens is 1. The number of hydrogen-bond acceptors (Lipinski definition) is 3. The van der Waals surface area contributed by atoms with Crippen LogP contribution in [0.15, 0.2) is 42.5 Å². The van der Waals surface area contributed by atoms with Gasteiger partial charge in [0.1, 0.15) is 6.61 Å². The van der Waals surface area contributed by atoms with Gasteiger partial charge in [-0.25, -0.2) is 0 Å². The summed E-state index contributed by atoms with van der Waals surface area (Å²) >= 11 is 0. The predicted molar refractivity (Wildman–Crippen MR) is 97.9 cm³/mol. The standard InChI is InChI=1S/C21H20N2O2/c24-19-12-25-11-17-20-16(19)2-1-3-18(20)23-21(17)14-6-4-13(5-7-14)15-8-9-22-10-15/h1-7,15,22-23H,8-12H2/t15-/m0/s1. The number of Topliss-reactive ketones (excluding diaryl/α,β-unsaturated/α-hetero) is 1. The van der Waals surface area contributed by atoms with Crippen molar-refractivity contribution >= 4 is 16.7 Å². The highest BCUT2D eigenvalue weighted by Gasteiger charge is 2.23. The molecule has 1 fully saturated rings. The molecule has 3 heterocycles. The van der Waals surface area contributed by atoms with Crippen LogP contribution in [-0.4, -0.2) is 30.5 Å². The van der Waals surface area contributed by atoms with E-state index in [4.69, 9.17) is 4.74 Å². The number of hydrogen-bond donors (Lipinski definition) is 2. The summed E-state index contributed by atoms with van der Waals surface area (Å²) in [6.07, 6.45) is 1.20. The molecule has 0 saturated carbocycles. The molecular weight excluding hydrogens is 312 g/mol. The van der Waals surface area contributed by atoms with Crippen LogP contribution in [0, 0.1) is 0 Å². The third kappa shape index (κ3) is 2.41. The first-order chi connectivity index (χ1) is 12.3. The molecule has 1 atom stereocenters. The number of nitrogens with one attached hydrogen (secondary N) is 2. The Morgan fingerprint density at radius 3 is 2.72 bits per heavy atom. The Hall–Kier alpha value is -2.43. The van der Waals surface area contributed by atoms with Gasteiger partial charge < -0.3 is 15.0 Å². The molecule has 0 bridgehead atoms. The molecule has 4 nitrogen and oxygen atoms in total. The molecule has 126 valence electrons. The van der Waals surface area contributed by atoms with Gasteiger partial charge in [0.2, 0.25) is 0 Å². The summed E-state index contributed by atoms with van der Waals surface area (Å²) in [5.74, 6) is 0.671. The Morgan fingerprint density at radius 1 is 1.04 bits per heavy atom. The average Bonchev–Trinajstić information content (AvgIpc) is 3.26. The lowest BCUT2D eigenvalue weighted by Crippen LogP contribution is -2.07. The second-order valence-corrected chi connectivity index (χ2v) is 6.93. The lowest BCUT2D eigenvalue weighted by Gasteiger charge is -2.10. The van der Waals surface area contributed by atoms with E-state index in [-0.39, 0.29) is 12.4 Å². The summed E-state index contributed by atoms with van der Waals surface area (Å²) in [7, 11) is 0. The highest BCUT2D eigenvalue weighted by Crippen LogP contribution is 2.35. The molecule has 0 radical (unpaired) electrons. The van der Waals surface area contributed by atoms with Crippen LogP contribution in [0.25, 0.3) is 22.2 Å². The summed E-state index contributed by atoms with van der Waals surface area (Å²) in [4.78, 5) is 15.8. The second-order valence-electron chi connectivity index (χ2n) is 6.93. The molecular formula is C21H20N2O2. The van der Waals surface area contributed by atoms with Gasteiger partial charge in [0.05, 0.1) is 12.3 Å². The number of ether oxygens (including phenoxy) is 1. The Labute approximate surface area is 146 Å². The maximum absolute atomic E-state index is 12.3. The lowest BCUT2D eigenvalue weighted by molar-refractivity contribution is 0.0742. The first-order valence-electron chi connectivity index (χ1n) is 8.87. The minimum absolute atomic E-state index is 0.0546. The summed E-state index contributed by atoms with van der Waals surface area (Å²) < 4.78 is 5.63. The van der Waals surface area contributed by atoms with E-state index in [1.807, 2.05) is 18.2 Å². The monoisotopic (exact) mass is 332 g/mol. The largest absolute Gasteiger partial charge is 0.369 e. The Morgan fingerprint density at radius 2 is 1.92 bits per heavy atom. The van der Waals surface area contributed by atoms with Crippen LogP contribution in [-0.2, 0) is 11.3 Å². The van der Waals surface area contributed by atoms with E-state index in [0.717, 1.165) is 46.4 Å². The molecule has 2 aromatic carbocycles. The van der Waals surface area contributed by atoms with Crippen LogP contribution >= 0.6 is 0 Å². The van der Waals surface area contributed by atoms with Gasteiger partial charge in [-0.1, -0.05) is 36.4 Å². The zero-order valence-corrected chi connectivity index (χ0v) is 14.0. The number of carbonyl (C=O) groups is 1. The van der Waals surface area contributed by atoms with Gasteiger partial charge in [0, 0.05) is 28.6 Å². The summed E-state index contributed by atoms with van der Waals surface area (Å²) in [6, 6.07) is 14.7. The third-order valence-electron chi connectivity index (χ3n) is 5.44. The molecule has 0 aliphatic carbocycles. The van der Waals surface area contributed by atoms with Crippen LogP contribution in [0.2, 0.25) is 0 Å². The smallest absolute Gasteiger partial charge is 0.189 e. The summed E-state index contributed by atoms with van der Waals surface area (Å²) in [5.41, 5.74) is 6.46. The van der Waals surface area contributed by atoms with Gasteiger partial charge in [0.15, 0.2) is 5.78 Å². The quantitative estimate of drug-likeness (QED) is 0.753. The van der Waals surface area contributed by atoms with E-state index in [1.165, 1.54) is 12.0 Å².